The van der Waals surface area contributed by atoms with Gasteiger partial charge in [-0.25, -0.2) is 9.59 Å². The van der Waals surface area contributed by atoms with Crippen molar-refractivity contribution >= 4 is 17.7 Å². The number of urea groups is 1. The van der Waals surface area contributed by atoms with Crippen LogP contribution in [0.3, 0.4) is 0 Å². The van der Waals surface area contributed by atoms with Crippen LogP contribution in [0.1, 0.15) is 31.7 Å². The van der Waals surface area contributed by atoms with Crippen molar-refractivity contribution in [3.05, 3.63) is 29.8 Å². The molecule has 3 rings (SSSR count). The molecule has 2 unspecified atom stereocenters. The van der Waals surface area contributed by atoms with Crippen LogP contribution in [0.15, 0.2) is 24.3 Å². The molecule has 1 fully saturated rings. The number of para-hydroxylation sites is 1. The van der Waals surface area contributed by atoms with Gasteiger partial charge in [0.2, 0.25) is 0 Å². The van der Waals surface area contributed by atoms with Gasteiger partial charge in [-0.2, -0.15) is 0 Å². The minimum Gasteiger partial charge on any atom is -0.479 e. The summed E-state index contributed by atoms with van der Waals surface area (Å²) in [6.07, 6.45) is 3.00. The van der Waals surface area contributed by atoms with Gasteiger partial charge in [0.25, 0.3) is 0 Å². The van der Waals surface area contributed by atoms with Gasteiger partial charge >= 0.3 is 12.0 Å². The van der Waals surface area contributed by atoms with Crippen molar-refractivity contribution in [2.75, 3.05) is 11.4 Å². The third-order valence-electron chi connectivity index (χ3n) is 4.89. The highest BCUT2D eigenvalue weighted by molar-refractivity contribution is 5.97. The number of hydrogen-bond acceptors (Lipinski definition) is 2. The van der Waals surface area contributed by atoms with Gasteiger partial charge in [0, 0.05) is 12.2 Å². The number of benzene rings is 1. The first-order chi connectivity index (χ1) is 10.0. The van der Waals surface area contributed by atoms with E-state index in [1.807, 2.05) is 31.2 Å². The number of rotatable bonds is 2. The van der Waals surface area contributed by atoms with Crippen LogP contribution in [0.25, 0.3) is 0 Å². The summed E-state index contributed by atoms with van der Waals surface area (Å²) in [5.41, 5.74) is 0.909. The molecule has 1 saturated carbocycles. The molecule has 1 heterocycles. The van der Waals surface area contributed by atoms with Crippen LogP contribution in [-0.4, -0.2) is 29.2 Å². The Morgan fingerprint density at radius 3 is 2.81 bits per heavy atom. The molecule has 1 aliphatic heterocycles. The number of hydrogen-bond donors (Lipinski definition) is 2. The van der Waals surface area contributed by atoms with Crippen LogP contribution in [0, 0.1) is 5.92 Å². The molecule has 0 saturated heterocycles. The van der Waals surface area contributed by atoms with E-state index < -0.39 is 11.5 Å². The zero-order chi connectivity index (χ0) is 15.0. The van der Waals surface area contributed by atoms with Gasteiger partial charge in [0.1, 0.15) is 5.54 Å². The number of carbonyl (C=O) groups excluding carboxylic acids is 1. The topological polar surface area (TPSA) is 69.6 Å². The second kappa shape index (κ2) is 5.06. The summed E-state index contributed by atoms with van der Waals surface area (Å²) in [5.74, 6) is -0.967. The predicted molar refractivity (Wildman–Crippen MR) is 79.4 cm³/mol. The van der Waals surface area contributed by atoms with E-state index in [0.29, 0.717) is 13.0 Å². The lowest BCUT2D eigenvalue weighted by Gasteiger charge is -2.32. The van der Waals surface area contributed by atoms with Gasteiger partial charge in [-0.05, 0) is 36.8 Å². The number of nitrogens with one attached hydrogen (secondary N) is 1. The molecule has 1 aromatic carbocycles. The first-order valence-electron chi connectivity index (χ1n) is 7.45. The zero-order valence-electron chi connectivity index (χ0n) is 12.1. The Balaban J connectivity index is 1.82. The van der Waals surface area contributed by atoms with Crippen molar-refractivity contribution in [2.24, 2.45) is 5.92 Å². The van der Waals surface area contributed by atoms with Crippen LogP contribution >= 0.6 is 0 Å². The quantitative estimate of drug-likeness (QED) is 0.878. The Hall–Kier alpha value is -2.04. The lowest BCUT2D eigenvalue weighted by atomic mass is 9.88. The van der Waals surface area contributed by atoms with E-state index in [9.17, 15) is 14.7 Å². The molecule has 0 aromatic heterocycles. The van der Waals surface area contributed by atoms with Crippen LogP contribution in [-0.2, 0) is 11.2 Å². The van der Waals surface area contributed by atoms with Gasteiger partial charge in [0.05, 0.1) is 0 Å². The predicted octanol–water partition coefficient (Wildman–Crippen LogP) is 2.40. The largest absolute Gasteiger partial charge is 0.479 e. The number of carboxylic acid groups (broad SMARTS) is 1. The monoisotopic (exact) mass is 288 g/mol. The van der Waals surface area contributed by atoms with E-state index in [4.69, 9.17) is 0 Å². The average molecular weight is 288 g/mol. The maximum absolute atomic E-state index is 12.6. The van der Waals surface area contributed by atoms with Crippen molar-refractivity contribution in [1.82, 2.24) is 5.32 Å². The maximum Gasteiger partial charge on any atom is 0.329 e. The van der Waals surface area contributed by atoms with Crippen molar-refractivity contribution in [3.63, 3.8) is 0 Å². The summed E-state index contributed by atoms with van der Waals surface area (Å²) >= 11 is 0. The number of nitrogens with zero attached hydrogens (tertiary/aromatic N) is 1. The summed E-state index contributed by atoms with van der Waals surface area (Å²) in [6, 6.07) is 7.48. The van der Waals surface area contributed by atoms with E-state index in [1.54, 1.807) is 4.90 Å². The summed E-state index contributed by atoms with van der Waals surface area (Å²) in [6.45, 7) is 2.51. The fourth-order valence-corrected chi connectivity index (χ4v) is 3.54. The maximum atomic E-state index is 12.6. The molecule has 112 valence electrons. The smallest absolute Gasteiger partial charge is 0.329 e. The summed E-state index contributed by atoms with van der Waals surface area (Å²) in [5, 5.41) is 12.4. The Kier molecular flexibility index (Phi) is 3.35. The van der Waals surface area contributed by atoms with Crippen LogP contribution in [0.2, 0.25) is 0 Å². The van der Waals surface area contributed by atoms with Crippen LogP contribution in [0.4, 0.5) is 10.5 Å². The number of aliphatic carboxylic acids is 1. The average Bonchev–Trinajstić information content (AvgIpc) is 3.04. The molecule has 2 N–H and O–H groups in total. The summed E-state index contributed by atoms with van der Waals surface area (Å²) < 4.78 is 0. The molecule has 2 atom stereocenters. The first-order valence-corrected chi connectivity index (χ1v) is 7.45. The Morgan fingerprint density at radius 2 is 2.14 bits per heavy atom. The van der Waals surface area contributed by atoms with E-state index in [1.165, 1.54) is 0 Å². The number of carboxylic acids is 1. The first kappa shape index (κ1) is 13.9. The molecule has 5 nitrogen and oxygen atoms in total. The third-order valence-corrected chi connectivity index (χ3v) is 4.89. The van der Waals surface area contributed by atoms with E-state index in [2.05, 4.69) is 5.32 Å². The Bertz CT molecular complexity index is 587. The second-order valence-corrected chi connectivity index (χ2v) is 6.03. The number of fused-ring (bicyclic) bond motifs is 1. The fourth-order valence-electron chi connectivity index (χ4n) is 3.54. The van der Waals surface area contributed by atoms with Crippen molar-refractivity contribution in [1.29, 1.82) is 0 Å². The highest BCUT2D eigenvalue weighted by atomic mass is 16.4. The minimum atomic E-state index is -1.12. The summed E-state index contributed by atoms with van der Waals surface area (Å²) in [4.78, 5) is 25.9. The Labute approximate surface area is 123 Å². The van der Waals surface area contributed by atoms with Crippen molar-refractivity contribution in [2.45, 2.75) is 38.1 Å². The molecule has 0 bridgehead atoms. The summed E-state index contributed by atoms with van der Waals surface area (Å²) in [7, 11) is 0. The van der Waals surface area contributed by atoms with Crippen molar-refractivity contribution in [3.8, 4) is 0 Å². The van der Waals surface area contributed by atoms with Crippen LogP contribution < -0.4 is 10.2 Å². The van der Waals surface area contributed by atoms with Gasteiger partial charge in [0.15, 0.2) is 0 Å². The van der Waals surface area contributed by atoms with Gasteiger partial charge < -0.3 is 10.4 Å². The number of anilines is 1. The molecule has 5 heteroatoms. The van der Waals surface area contributed by atoms with Gasteiger partial charge in [-0.1, -0.05) is 31.5 Å². The SMILES string of the molecule is CC1CCCC1(NC(=O)N1CCc2ccccc21)C(=O)O. The third kappa shape index (κ3) is 2.17. The molecule has 2 aliphatic rings. The van der Waals surface area contributed by atoms with E-state index in [0.717, 1.165) is 30.5 Å². The molecule has 0 radical (unpaired) electrons. The molecule has 1 aromatic rings. The number of carbonyl (C=O) groups is 2. The molecular weight excluding hydrogens is 268 g/mol. The second-order valence-electron chi connectivity index (χ2n) is 6.03. The lowest BCUT2D eigenvalue weighted by Crippen LogP contribution is -2.59. The molecule has 1 aliphatic carbocycles. The van der Waals surface area contributed by atoms with Crippen molar-refractivity contribution < 1.29 is 14.7 Å². The minimum absolute atomic E-state index is 0.0446. The van der Waals surface area contributed by atoms with E-state index >= 15 is 0 Å². The zero-order valence-corrected chi connectivity index (χ0v) is 12.1. The normalized spacial score (nSPS) is 27.5. The fraction of sp³-hybridized carbons (Fsp3) is 0.500. The molecule has 0 spiro atoms. The highest BCUT2D eigenvalue weighted by Gasteiger charge is 2.49. The number of amides is 2. The molecule has 2 amide bonds. The van der Waals surface area contributed by atoms with Gasteiger partial charge in [-0.15, -0.1) is 0 Å². The van der Waals surface area contributed by atoms with E-state index in [-0.39, 0.29) is 11.9 Å². The Morgan fingerprint density at radius 1 is 1.38 bits per heavy atom. The van der Waals surface area contributed by atoms with Crippen LogP contribution in [0.5, 0.6) is 0 Å². The lowest BCUT2D eigenvalue weighted by molar-refractivity contribution is -0.145. The standard InChI is InChI=1S/C16H20N2O3/c1-11-5-4-9-16(11,14(19)20)17-15(21)18-10-8-12-6-2-3-7-13(12)18/h2-3,6-7,11H,4-5,8-10H2,1H3,(H,17,21)(H,19,20). The van der Waals surface area contributed by atoms with Gasteiger partial charge in [-0.3, -0.25) is 4.90 Å². The molecule has 21 heavy (non-hydrogen) atoms. The molecular formula is C16H20N2O3. The highest BCUT2D eigenvalue weighted by Crippen LogP contribution is 2.36.